The summed E-state index contributed by atoms with van der Waals surface area (Å²) in [7, 11) is 1.80. The Kier molecular flexibility index (Phi) is 2.71. The molecule has 0 aliphatic heterocycles. The summed E-state index contributed by atoms with van der Waals surface area (Å²) in [5, 5.41) is 0. The van der Waals surface area contributed by atoms with E-state index in [0.29, 0.717) is 0 Å². The number of hydrogen-bond acceptors (Lipinski definition) is 1. The minimum absolute atomic E-state index is 0.0636. The van der Waals surface area contributed by atoms with Crippen molar-refractivity contribution in [2.75, 3.05) is 11.9 Å². The highest BCUT2D eigenvalue weighted by molar-refractivity contribution is 5.91. The van der Waals surface area contributed by atoms with Gasteiger partial charge in [0.1, 0.15) is 0 Å². The van der Waals surface area contributed by atoms with Crippen molar-refractivity contribution >= 4 is 11.6 Å². The van der Waals surface area contributed by atoms with Crippen LogP contribution in [0.1, 0.15) is 18.1 Å². The summed E-state index contributed by atoms with van der Waals surface area (Å²) in [6, 6.07) is 6.10. The van der Waals surface area contributed by atoms with E-state index in [1.807, 2.05) is 32.0 Å². The monoisotopic (exact) mass is 177 g/mol. The van der Waals surface area contributed by atoms with E-state index in [1.165, 1.54) is 5.56 Å². The van der Waals surface area contributed by atoms with E-state index < -0.39 is 0 Å². The molecule has 1 aromatic carbocycles. The molecule has 0 unspecified atom stereocenters. The standard InChI is InChI=1S/C11H15NO/c1-8-5-6-9(2)11(7-8)12(4)10(3)13/h5-7H,1-4H3. The molecule has 0 radical (unpaired) electrons. The van der Waals surface area contributed by atoms with Crippen LogP contribution in [0.25, 0.3) is 0 Å². The second kappa shape index (κ2) is 3.60. The Balaban J connectivity index is 3.12. The number of amides is 1. The lowest BCUT2D eigenvalue weighted by molar-refractivity contribution is -0.116. The third kappa shape index (κ3) is 2.08. The van der Waals surface area contributed by atoms with Gasteiger partial charge in [0, 0.05) is 19.7 Å². The molecule has 0 aromatic heterocycles. The molecule has 0 saturated heterocycles. The van der Waals surface area contributed by atoms with Crippen LogP contribution >= 0.6 is 0 Å². The summed E-state index contributed by atoms with van der Waals surface area (Å²) < 4.78 is 0. The zero-order chi connectivity index (χ0) is 10.0. The predicted octanol–water partition coefficient (Wildman–Crippen LogP) is 2.29. The zero-order valence-corrected chi connectivity index (χ0v) is 8.59. The van der Waals surface area contributed by atoms with Crippen LogP contribution in [-0.2, 0) is 4.79 Å². The lowest BCUT2D eigenvalue weighted by Gasteiger charge is -2.17. The summed E-state index contributed by atoms with van der Waals surface area (Å²) in [4.78, 5) is 12.8. The number of aryl methyl sites for hydroxylation is 2. The highest BCUT2D eigenvalue weighted by Gasteiger charge is 2.07. The molecule has 2 heteroatoms. The molecular formula is C11H15NO. The molecule has 0 fully saturated rings. The molecule has 0 atom stereocenters. The van der Waals surface area contributed by atoms with Crippen LogP contribution < -0.4 is 4.90 Å². The highest BCUT2D eigenvalue weighted by Crippen LogP contribution is 2.19. The normalized spacial score (nSPS) is 9.85. The molecule has 0 spiro atoms. The van der Waals surface area contributed by atoms with Gasteiger partial charge in [0.25, 0.3) is 0 Å². The molecule has 0 heterocycles. The van der Waals surface area contributed by atoms with Gasteiger partial charge in [-0.2, -0.15) is 0 Å². The largest absolute Gasteiger partial charge is 0.315 e. The maximum absolute atomic E-state index is 11.1. The first-order valence-electron chi connectivity index (χ1n) is 4.34. The third-order valence-corrected chi connectivity index (χ3v) is 2.20. The summed E-state index contributed by atoms with van der Waals surface area (Å²) in [6.45, 7) is 5.60. The summed E-state index contributed by atoms with van der Waals surface area (Å²) >= 11 is 0. The van der Waals surface area contributed by atoms with Crippen molar-refractivity contribution in [1.29, 1.82) is 0 Å². The SMILES string of the molecule is CC(=O)N(C)c1cc(C)ccc1C. The summed E-state index contributed by atoms with van der Waals surface area (Å²) in [5.41, 5.74) is 3.30. The van der Waals surface area contributed by atoms with Crippen LogP contribution in [-0.4, -0.2) is 13.0 Å². The lowest BCUT2D eigenvalue weighted by Crippen LogP contribution is -2.23. The quantitative estimate of drug-likeness (QED) is 0.644. The topological polar surface area (TPSA) is 20.3 Å². The van der Waals surface area contributed by atoms with E-state index >= 15 is 0 Å². The second-order valence-electron chi connectivity index (χ2n) is 3.37. The minimum Gasteiger partial charge on any atom is -0.315 e. The van der Waals surface area contributed by atoms with E-state index in [0.717, 1.165) is 11.3 Å². The molecule has 0 aliphatic rings. The van der Waals surface area contributed by atoms with E-state index in [4.69, 9.17) is 0 Å². The van der Waals surface area contributed by atoms with Gasteiger partial charge in [0.2, 0.25) is 5.91 Å². The third-order valence-electron chi connectivity index (χ3n) is 2.20. The van der Waals surface area contributed by atoms with Crippen molar-refractivity contribution in [2.24, 2.45) is 0 Å². The van der Waals surface area contributed by atoms with Crippen molar-refractivity contribution in [3.8, 4) is 0 Å². The van der Waals surface area contributed by atoms with Crippen LogP contribution in [0.4, 0.5) is 5.69 Å². The van der Waals surface area contributed by atoms with E-state index in [9.17, 15) is 4.79 Å². The molecule has 2 nitrogen and oxygen atoms in total. The molecule has 13 heavy (non-hydrogen) atoms. The summed E-state index contributed by atoms with van der Waals surface area (Å²) in [5.74, 6) is 0.0636. The molecule has 0 N–H and O–H groups in total. The van der Waals surface area contributed by atoms with Gasteiger partial charge in [-0.1, -0.05) is 12.1 Å². The average Bonchev–Trinajstić information content (AvgIpc) is 2.08. The maximum Gasteiger partial charge on any atom is 0.223 e. The van der Waals surface area contributed by atoms with Gasteiger partial charge in [-0.15, -0.1) is 0 Å². The maximum atomic E-state index is 11.1. The Labute approximate surface area is 79.2 Å². The van der Waals surface area contributed by atoms with Gasteiger partial charge >= 0.3 is 0 Å². The van der Waals surface area contributed by atoms with Crippen LogP contribution in [0, 0.1) is 13.8 Å². The number of carbonyl (C=O) groups excluding carboxylic acids is 1. The smallest absolute Gasteiger partial charge is 0.223 e. The molecule has 1 amide bonds. The number of rotatable bonds is 1. The van der Waals surface area contributed by atoms with Gasteiger partial charge < -0.3 is 4.90 Å². The van der Waals surface area contributed by atoms with E-state index in [-0.39, 0.29) is 5.91 Å². The first-order valence-corrected chi connectivity index (χ1v) is 4.34. The predicted molar refractivity (Wildman–Crippen MR) is 55.0 cm³/mol. The average molecular weight is 177 g/mol. The number of benzene rings is 1. The lowest BCUT2D eigenvalue weighted by atomic mass is 10.1. The number of hydrogen-bond donors (Lipinski definition) is 0. The van der Waals surface area contributed by atoms with Gasteiger partial charge in [-0.05, 0) is 31.0 Å². The van der Waals surface area contributed by atoms with Gasteiger partial charge in [0.15, 0.2) is 0 Å². The van der Waals surface area contributed by atoms with Gasteiger partial charge in [-0.3, -0.25) is 4.79 Å². The van der Waals surface area contributed by atoms with Gasteiger partial charge in [0.05, 0.1) is 0 Å². The van der Waals surface area contributed by atoms with Crippen LogP contribution in [0.5, 0.6) is 0 Å². The number of anilines is 1. The fourth-order valence-electron chi connectivity index (χ4n) is 1.25. The fraction of sp³-hybridized carbons (Fsp3) is 0.364. The Bertz CT molecular complexity index is 331. The van der Waals surface area contributed by atoms with Crippen molar-refractivity contribution < 1.29 is 4.79 Å². The molecule has 0 saturated carbocycles. The number of carbonyl (C=O) groups is 1. The summed E-state index contributed by atoms with van der Waals surface area (Å²) in [6.07, 6.45) is 0. The molecule has 1 aromatic rings. The molecular weight excluding hydrogens is 162 g/mol. The van der Waals surface area contributed by atoms with Crippen molar-refractivity contribution in [2.45, 2.75) is 20.8 Å². The van der Waals surface area contributed by atoms with Crippen LogP contribution in [0.15, 0.2) is 18.2 Å². The van der Waals surface area contributed by atoms with Crippen molar-refractivity contribution in [3.05, 3.63) is 29.3 Å². The first kappa shape index (κ1) is 9.78. The van der Waals surface area contributed by atoms with Crippen LogP contribution in [0.2, 0.25) is 0 Å². The highest BCUT2D eigenvalue weighted by atomic mass is 16.2. The Hall–Kier alpha value is -1.31. The molecule has 0 aliphatic carbocycles. The Morgan fingerprint density at radius 2 is 1.92 bits per heavy atom. The fourth-order valence-corrected chi connectivity index (χ4v) is 1.25. The molecule has 70 valence electrons. The Morgan fingerprint density at radius 1 is 1.31 bits per heavy atom. The van der Waals surface area contributed by atoms with Gasteiger partial charge in [-0.25, -0.2) is 0 Å². The van der Waals surface area contributed by atoms with E-state index in [1.54, 1.807) is 18.9 Å². The minimum atomic E-state index is 0.0636. The Morgan fingerprint density at radius 3 is 2.46 bits per heavy atom. The number of nitrogens with zero attached hydrogens (tertiary/aromatic N) is 1. The van der Waals surface area contributed by atoms with Crippen molar-refractivity contribution in [1.82, 2.24) is 0 Å². The first-order chi connectivity index (χ1) is 6.02. The second-order valence-corrected chi connectivity index (χ2v) is 3.37. The van der Waals surface area contributed by atoms with Crippen molar-refractivity contribution in [3.63, 3.8) is 0 Å². The molecule has 1 rings (SSSR count). The van der Waals surface area contributed by atoms with Crippen LogP contribution in [0.3, 0.4) is 0 Å². The van der Waals surface area contributed by atoms with E-state index in [2.05, 4.69) is 0 Å². The zero-order valence-electron chi connectivity index (χ0n) is 8.59. The molecule has 0 bridgehead atoms.